The second kappa shape index (κ2) is 7.51. The molecule has 0 aliphatic rings. The van der Waals surface area contributed by atoms with E-state index in [9.17, 15) is 14.8 Å². The number of aromatic nitrogens is 4. The zero-order chi connectivity index (χ0) is 20.4. The Morgan fingerprint density at radius 3 is 2.66 bits per heavy atom. The summed E-state index contributed by atoms with van der Waals surface area (Å²) < 4.78 is 7.17. The first-order chi connectivity index (χ1) is 14.0. The van der Waals surface area contributed by atoms with Gasteiger partial charge in [-0.2, -0.15) is 0 Å². The summed E-state index contributed by atoms with van der Waals surface area (Å²) >= 11 is 0. The summed E-state index contributed by atoms with van der Waals surface area (Å²) in [4.78, 5) is 33.4. The summed E-state index contributed by atoms with van der Waals surface area (Å²) in [5, 5.41) is 12.1. The molecule has 0 saturated carbocycles. The van der Waals surface area contributed by atoms with Gasteiger partial charge in [0.2, 0.25) is 0 Å². The molecule has 0 spiro atoms. The van der Waals surface area contributed by atoms with Crippen LogP contribution in [0.2, 0.25) is 0 Å². The molecule has 0 aliphatic heterocycles. The number of benzene rings is 2. The van der Waals surface area contributed by atoms with Crippen molar-refractivity contribution in [2.45, 2.75) is 13.5 Å². The van der Waals surface area contributed by atoms with Gasteiger partial charge < -0.3 is 9.94 Å². The SMILES string of the molecule is Cc1nc2ccccc2c(=O)n1-c1ccc(C(=O)OCc2nccc[n+]2[O-])cc1. The fourth-order valence-corrected chi connectivity index (χ4v) is 3.00. The predicted octanol–water partition coefficient (Wildman–Crippen LogP) is 2.08. The van der Waals surface area contributed by atoms with Gasteiger partial charge in [-0.15, -0.1) is 0 Å². The Bertz CT molecular complexity index is 1270. The minimum absolute atomic E-state index is 0.0851. The molecule has 4 aromatic rings. The Kier molecular flexibility index (Phi) is 4.74. The molecule has 0 unspecified atom stereocenters. The van der Waals surface area contributed by atoms with Gasteiger partial charge in [0.1, 0.15) is 12.0 Å². The number of aryl methyl sites for hydroxylation is 1. The van der Waals surface area contributed by atoms with Crippen LogP contribution in [0.1, 0.15) is 22.0 Å². The second-order valence-corrected chi connectivity index (χ2v) is 6.30. The number of rotatable bonds is 4. The molecule has 0 fully saturated rings. The van der Waals surface area contributed by atoms with Gasteiger partial charge in [-0.05, 0) is 48.3 Å². The lowest BCUT2D eigenvalue weighted by Gasteiger charge is -2.11. The van der Waals surface area contributed by atoms with Gasteiger partial charge in [0, 0.05) is 6.07 Å². The Balaban J connectivity index is 1.58. The number of carbonyl (C=O) groups is 1. The van der Waals surface area contributed by atoms with Gasteiger partial charge in [0.25, 0.3) is 5.56 Å². The quantitative estimate of drug-likeness (QED) is 0.301. The average molecular weight is 388 g/mol. The van der Waals surface area contributed by atoms with E-state index >= 15 is 0 Å². The molecule has 8 heteroatoms. The van der Waals surface area contributed by atoms with Crippen LogP contribution in [0, 0.1) is 12.1 Å². The molecular weight excluding hydrogens is 372 g/mol. The Morgan fingerprint density at radius 1 is 1.14 bits per heavy atom. The first kappa shape index (κ1) is 18.3. The van der Waals surface area contributed by atoms with Crippen LogP contribution in [-0.4, -0.2) is 20.5 Å². The Morgan fingerprint density at radius 2 is 1.90 bits per heavy atom. The van der Waals surface area contributed by atoms with Crippen LogP contribution >= 0.6 is 0 Å². The minimum Gasteiger partial charge on any atom is -0.711 e. The average Bonchev–Trinajstić information content (AvgIpc) is 2.73. The normalized spacial score (nSPS) is 10.8. The first-order valence-electron chi connectivity index (χ1n) is 8.83. The van der Waals surface area contributed by atoms with Crippen LogP contribution in [0.25, 0.3) is 16.6 Å². The van der Waals surface area contributed by atoms with Crippen molar-refractivity contribution in [3.63, 3.8) is 0 Å². The third kappa shape index (κ3) is 3.55. The minimum atomic E-state index is -0.595. The van der Waals surface area contributed by atoms with Crippen LogP contribution in [-0.2, 0) is 11.3 Å². The van der Waals surface area contributed by atoms with Crippen molar-refractivity contribution in [3.8, 4) is 5.69 Å². The number of hydrogen-bond acceptors (Lipinski definition) is 6. The van der Waals surface area contributed by atoms with Gasteiger partial charge in [0.15, 0.2) is 6.61 Å². The van der Waals surface area contributed by atoms with Crippen LogP contribution in [0.15, 0.2) is 71.8 Å². The van der Waals surface area contributed by atoms with E-state index in [4.69, 9.17) is 4.74 Å². The summed E-state index contributed by atoms with van der Waals surface area (Å²) in [6, 6.07) is 15.0. The number of hydrogen-bond donors (Lipinski definition) is 0. The smallest absolute Gasteiger partial charge is 0.339 e. The van der Waals surface area contributed by atoms with Gasteiger partial charge in [-0.25, -0.2) is 14.5 Å². The van der Waals surface area contributed by atoms with Crippen LogP contribution < -0.4 is 10.3 Å². The van der Waals surface area contributed by atoms with Gasteiger partial charge >= 0.3 is 11.8 Å². The van der Waals surface area contributed by atoms with Crippen molar-refractivity contribution in [2.24, 2.45) is 0 Å². The Labute approximate surface area is 165 Å². The molecular formula is C21H16N4O4. The summed E-state index contributed by atoms with van der Waals surface area (Å²) in [6.45, 7) is 1.51. The second-order valence-electron chi connectivity index (χ2n) is 6.30. The molecule has 0 atom stereocenters. The molecule has 0 amide bonds. The van der Waals surface area contributed by atoms with E-state index in [0.29, 0.717) is 32.7 Å². The maximum absolute atomic E-state index is 12.9. The zero-order valence-corrected chi connectivity index (χ0v) is 15.5. The number of para-hydroxylation sites is 1. The molecule has 8 nitrogen and oxygen atoms in total. The van der Waals surface area contributed by atoms with Gasteiger partial charge in [-0.1, -0.05) is 12.1 Å². The highest BCUT2D eigenvalue weighted by Gasteiger charge is 2.14. The van der Waals surface area contributed by atoms with E-state index in [1.165, 1.54) is 23.0 Å². The van der Waals surface area contributed by atoms with Gasteiger partial charge in [0.05, 0.1) is 28.4 Å². The van der Waals surface area contributed by atoms with E-state index < -0.39 is 5.97 Å². The van der Waals surface area contributed by atoms with E-state index in [1.807, 2.05) is 6.07 Å². The number of ether oxygens (including phenoxy) is 1. The van der Waals surface area contributed by atoms with Crippen LogP contribution in [0.4, 0.5) is 0 Å². The van der Waals surface area contributed by atoms with Crippen molar-refractivity contribution in [3.05, 3.63) is 99.8 Å². The lowest BCUT2D eigenvalue weighted by molar-refractivity contribution is -0.620. The lowest BCUT2D eigenvalue weighted by atomic mass is 10.2. The monoisotopic (exact) mass is 388 g/mol. The van der Waals surface area contributed by atoms with Crippen molar-refractivity contribution in [1.29, 1.82) is 0 Å². The molecule has 0 aliphatic carbocycles. The van der Waals surface area contributed by atoms with E-state index in [0.717, 1.165) is 0 Å². The standard InChI is InChI=1S/C21H16N4O4/c1-14-23-18-6-3-2-5-17(18)20(26)25(14)16-9-7-15(8-10-16)21(27)29-13-19-22-11-4-12-24(19)28/h2-12H,13H2,1H3. The molecule has 0 radical (unpaired) electrons. The fraction of sp³-hybridized carbons (Fsp3) is 0.0952. The summed E-state index contributed by atoms with van der Waals surface area (Å²) in [6.07, 6.45) is 2.73. The molecule has 2 aromatic carbocycles. The molecule has 0 saturated heterocycles. The molecule has 144 valence electrons. The Hall–Kier alpha value is -4.07. The zero-order valence-electron chi connectivity index (χ0n) is 15.5. The van der Waals surface area contributed by atoms with Gasteiger partial charge in [-0.3, -0.25) is 9.36 Å². The first-order valence-corrected chi connectivity index (χ1v) is 8.83. The van der Waals surface area contributed by atoms with Crippen LogP contribution in [0.3, 0.4) is 0 Å². The summed E-state index contributed by atoms with van der Waals surface area (Å²) in [5.41, 5.74) is 1.33. The predicted molar refractivity (Wildman–Crippen MR) is 104 cm³/mol. The largest absolute Gasteiger partial charge is 0.711 e. The van der Waals surface area contributed by atoms with E-state index in [1.54, 1.807) is 49.4 Å². The summed E-state index contributed by atoms with van der Waals surface area (Å²) in [5.74, 6) is 0.0315. The third-order valence-electron chi connectivity index (χ3n) is 4.42. The molecule has 2 aromatic heterocycles. The van der Waals surface area contributed by atoms with E-state index in [-0.39, 0.29) is 18.0 Å². The van der Waals surface area contributed by atoms with Crippen molar-refractivity contribution < 1.29 is 14.3 Å². The van der Waals surface area contributed by atoms with E-state index in [2.05, 4.69) is 9.97 Å². The number of fused-ring (bicyclic) bond motifs is 1. The van der Waals surface area contributed by atoms with Crippen molar-refractivity contribution in [2.75, 3.05) is 0 Å². The maximum atomic E-state index is 12.9. The molecule has 2 heterocycles. The number of nitrogens with zero attached hydrogens (tertiary/aromatic N) is 4. The van der Waals surface area contributed by atoms with Crippen molar-refractivity contribution >= 4 is 16.9 Å². The van der Waals surface area contributed by atoms with Crippen molar-refractivity contribution in [1.82, 2.24) is 14.5 Å². The molecule has 29 heavy (non-hydrogen) atoms. The topological polar surface area (TPSA) is 101 Å². The summed E-state index contributed by atoms with van der Waals surface area (Å²) in [7, 11) is 0. The maximum Gasteiger partial charge on any atom is 0.339 e. The fourth-order valence-electron chi connectivity index (χ4n) is 3.00. The molecule has 0 N–H and O–H groups in total. The molecule has 0 bridgehead atoms. The highest BCUT2D eigenvalue weighted by Crippen LogP contribution is 2.14. The third-order valence-corrected chi connectivity index (χ3v) is 4.42. The lowest BCUT2D eigenvalue weighted by Crippen LogP contribution is -2.33. The highest BCUT2D eigenvalue weighted by molar-refractivity contribution is 5.89. The van der Waals surface area contributed by atoms with Crippen LogP contribution in [0.5, 0.6) is 0 Å². The number of carbonyl (C=O) groups excluding carboxylic acids is 1. The highest BCUT2D eigenvalue weighted by atomic mass is 16.5. The number of esters is 1. The molecule has 4 rings (SSSR count).